The number of alkyl halides is 3. The molecule has 0 spiro atoms. The van der Waals surface area contributed by atoms with Gasteiger partial charge in [0, 0.05) is 6.54 Å². The zero-order valence-electron chi connectivity index (χ0n) is 8.83. The summed E-state index contributed by atoms with van der Waals surface area (Å²) >= 11 is 4.12. The summed E-state index contributed by atoms with van der Waals surface area (Å²) in [4.78, 5) is 0. The van der Waals surface area contributed by atoms with Gasteiger partial charge in [0.1, 0.15) is 10.8 Å². The molecule has 0 bridgehead atoms. The number of thiophene rings is 1. The molecule has 104 valence electrons. The average Bonchev–Trinajstić information content (AvgIpc) is 2.63. The van der Waals surface area contributed by atoms with Crippen LogP contribution in [0.1, 0.15) is 0 Å². The maximum Gasteiger partial charge on any atom is 0.411 e. The van der Waals surface area contributed by atoms with Gasteiger partial charge in [0.15, 0.2) is 0 Å². The quantitative estimate of drug-likeness (QED) is 0.785. The highest BCUT2D eigenvalue weighted by Crippen LogP contribution is 2.25. The first-order valence-electron chi connectivity index (χ1n) is 4.60. The summed E-state index contributed by atoms with van der Waals surface area (Å²) in [5, 5.41) is 0. The van der Waals surface area contributed by atoms with Crippen LogP contribution in [0.25, 0.3) is 0 Å². The summed E-state index contributed by atoms with van der Waals surface area (Å²) in [5.41, 5.74) is 0. The van der Waals surface area contributed by atoms with Crippen molar-refractivity contribution in [2.45, 2.75) is 10.4 Å². The summed E-state index contributed by atoms with van der Waals surface area (Å²) in [7, 11) is -3.68. The highest BCUT2D eigenvalue weighted by atomic mass is 79.9. The molecule has 0 unspecified atom stereocenters. The Bertz CT molecular complexity index is 486. The maximum atomic E-state index is 11.7. The predicted molar refractivity (Wildman–Crippen MR) is 64.1 cm³/mol. The number of halogens is 4. The Morgan fingerprint density at radius 2 is 2.06 bits per heavy atom. The molecule has 0 saturated heterocycles. The molecule has 1 rings (SSSR count). The Labute approximate surface area is 114 Å². The molecular formula is C8H9BrF3NO3S2. The lowest BCUT2D eigenvalue weighted by Crippen LogP contribution is -2.28. The minimum Gasteiger partial charge on any atom is -0.371 e. The summed E-state index contributed by atoms with van der Waals surface area (Å²) in [6.07, 6.45) is -4.41. The smallest absolute Gasteiger partial charge is 0.371 e. The predicted octanol–water partition coefficient (Wildman–Crippen LogP) is 2.37. The van der Waals surface area contributed by atoms with Gasteiger partial charge in [0.05, 0.1) is 10.4 Å². The second-order valence-corrected chi connectivity index (χ2v) is 7.58. The van der Waals surface area contributed by atoms with Gasteiger partial charge in [-0.05, 0) is 28.1 Å². The number of hydrogen-bond acceptors (Lipinski definition) is 4. The van der Waals surface area contributed by atoms with E-state index in [0.717, 1.165) is 11.3 Å². The van der Waals surface area contributed by atoms with E-state index in [1.165, 1.54) is 6.07 Å². The number of hydrogen-bond donors (Lipinski definition) is 1. The molecule has 4 nitrogen and oxygen atoms in total. The van der Waals surface area contributed by atoms with Gasteiger partial charge in [-0.3, -0.25) is 0 Å². The first kappa shape index (κ1) is 15.9. The van der Waals surface area contributed by atoms with Gasteiger partial charge in [0.2, 0.25) is 10.0 Å². The fourth-order valence-corrected chi connectivity index (χ4v) is 4.02. The fourth-order valence-electron chi connectivity index (χ4n) is 0.949. The molecule has 1 aromatic rings. The van der Waals surface area contributed by atoms with E-state index in [1.807, 2.05) is 0 Å². The zero-order valence-corrected chi connectivity index (χ0v) is 12.0. The van der Waals surface area contributed by atoms with Gasteiger partial charge in [-0.1, -0.05) is 0 Å². The lowest BCUT2D eigenvalue weighted by atomic mass is 10.7. The van der Waals surface area contributed by atoms with Crippen molar-refractivity contribution in [2.75, 3.05) is 19.8 Å². The van der Waals surface area contributed by atoms with Crippen LogP contribution in [0.4, 0.5) is 13.2 Å². The molecule has 0 fully saturated rings. The van der Waals surface area contributed by atoms with E-state index in [4.69, 9.17) is 0 Å². The molecule has 0 aromatic carbocycles. The van der Waals surface area contributed by atoms with Crippen LogP contribution in [0.3, 0.4) is 0 Å². The molecule has 1 aromatic heterocycles. The summed E-state index contributed by atoms with van der Waals surface area (Å²) in [6.45, 7) is -1.95. The van der Waals surface area contributed by atoms with Crippen molar-refractivity contribution in [3.63, 3.8) is 0 Å². The Kier molecular flexibility index (Phi) is 5.59. The van der Waals surface area contributed by atoms with E-state index >= 15 is 0 Å². The topological polar surface area (TPSA) is 55.4 Å². The van der Waals surface area contributed by atoms with Crippen LogP contribution in [-0.2, 0) is 14.8 Å². The Hall–Kier alpha value is -0.160. The van der Waals surface area contributed by atoms with E-state index < -0.39 is 22.8 Å². The monoisotopic (exact) mass is 367 g/mol. The molecule has 0 atom stereocenters. The van der Waals surface area contributed by atoms with Crippen molar-refractivity contribution in [2.24, 2.45) is 0 Å². The SMILES string of the molecule is O=S(=O)(NCCOCC(F)(F)F)c1ccc(Br)s1. The van der Waals surface area contributed by atoms with Crippen LogP contribution < -0.4 is 4.72 Å². The maximum absolute atomic E-state index is 11.7. The molecule has 0 amide bonds. The van der Waals surface area contributed by atoms with Crippen LogP contribution in [0, 0.1) is 0 Å². The van der Waals surface area contributed by atoms with Gasteiger partial charge < -0.3 is 4.74 Å². The Balaban J connectivity index is 2.35. The van der Waals surface area contributed by atoms with Gasteiger partial charge in [-0.25, -0.2) is 13.1 Å². The van der Waals surface area contributed by atoms with Gasteiger partial charge in [-0.2, -0.15) is 13.2 Å². The third-order valence-corrected chi connectivity index (χ3v) is 5.19. The molecular weight excluding hydrogens is 359 g/mol. The van der Waals surface area contributed by atoms with Crippen LogP contribution in [-0.4, -0.2) is 34.4 Å². The molecule has 0 radical (unpaired) electrons. The minimum absolute atomic E-state index is 0.0881. The molecule has 10 heteroatoms. The summed E-state index contributed by atoms with van der Waals surface area (Å²) in [5.74, 6) is 0. The van der Waals surface area contributed by atoms with Crippen LogP contribution in [0.15, 0.2) is 20.1 Å². The number of ether oxygens (including phenoxy) is 1. The van der Waals surface area contributed by atoms with Crippen LogP contribution in [0.5, 0.6) is 0 Å². The van der Waals surface area contributed by atoms with Crippen molar-refractivity contribution in [3.8, 4) is 0 Å². The second-order valence-electron chi connectivity index (χ2n) is 3.12. The van der Waals surface area contributed by atoms with Gasteiger partial charge in [0.25, 0.3) is 0 Å². The number of nitrogens with one attached hydrogen (secondary N) is 1. The van der Waals surface area contributed by atoms with Crippen molar-refractivity contribution in [3.05, 3.63) is 15.9 Å². The van der Waals surface area contributed by atoms with E-state index in [0.29, 0.717) is 3.79 Å². The lowest BCUT2D eigenvalue weighted by Gasteiger charge is -2.08. The van der Waals surface area contributed by atoms with E-state index in [2.05, 4.69) is 25.4 Å². The molecule has 0 saturated carbocycles. The number of rotatable bonds is 6. The second kappa shape index (κ2) is 6.33. The van der Waals surface area contributed by atoms with Crippen LogP contribution in [0.2, 0.25) is 0 Å². The Morgan fingerprint density at radius 3 is 2.56 bits per heavy atom. The molecule has 0 aliphatic rings. The Morgan fingerprint density at radius 1 is 1.39 bits per heavy atom. The molecule has 0 aliphatic carbocycles. The normalized spacial score (nSPS) is 12.9. The van der Waals surface area contributed by atoms with Crippen molar-refractivity contribution in [1.29, 1.82) is 0 Å². The molecule has 0 aliphatic heterocycles. The van der Waals surface area contributed by atoms with E-state index in [-0.39, 0.29) is 17.4 Å². The van der Waals surface area contributed by atoms with Crippen molar-refractivity contribution < 1.29 is 26.3 Å². The van der Waals surface area contributed by atoms with Gasteiger partial charge in [-0.15, -0.1) is 11.3 Å². The third kappa shape index (κ3) is 5.65. The number of sulfonamides is 1. The largest absolute Gasteiger partial charge is 0.411 e. The summed E-state index contributed by atoms with van der Waals surface area (Å²) < 4.78 is 65.5. The van der Waals surface area contributed by atoms with Crippen molar-refractivity contribution in [1.82, 2.24) is 4.72 Å². The lowest BCUT2D eigenvalue weighted by molar-refractivity contribution is -0.173. The zero-order chi connectivity index (χ0) is 13.8. The molecule has 18 heavy (non-hydrogen) atoms. The van der Waals surface area contributed by atoms with E-state index in [1.54, 1.807) is 6.07 Å². The van der Waals surface area contributed by atoms with Crippen LogP contribution >= 0.6 is 27.3 Å². The first-order chi connectivity index (χ1) is 8.21. The van der Waals surface area contributed by atoms with Crippen molar-refractivity contribution >= 4 is 37.3 Å². The molecule has 1 N–H and O–H groups in total. The molecule has 1 heterocycles. The third-order valence-electron chi connectivity index (χ3n) is 1.62. The summed E-state index contributed by atoms with van der Waals surface area (Å²) in [6, 6.07) is 2.97. The minimum atomic E-state index is -4.41. The standard InChI is InChI=1S/C8H9BrF3NO3S2/c9-6-1-2-7(17-6)18(14,15)13-3-4-16-5-8(10,11)12/h1-2,13H,3-5H2. The highest BCUT2D eigenvalue weighted by molar-refractivity contribution is 9.11. The first-order valence-corrected chi connectivity index (χ1v) is 7.69. The highest BCUT2D eigenvalue weighted by Gasteiger charge is 2.27. The average molecular weight is 368 g/mol. The fraction of sp³-hybridized carbons (Fsp3) is 0.500. The van der Waals surface area contributed by atoms with Gasteiger partial charge >= 0.3 is 6.18 Å². The van der Waals surface area contributed by atoms with E-state index in [9.17, 15) is 21.6 Å².